The minimum Gasteiger partial charge on any atom is -0.493 e. The Morgan fingerprint density at radius 3 is 2.50 bits per heavy atom. The molecule has 1 aliphatic rings. The number of imide groups is 1. The maximum atomic E-state index is 12.7. The van der Waals surface area contributed by atoms with Crippen LogP contribution >= 0.6 is 11.8 Å². The zero-order valence-electron chi connectivity index (χ0n) is 14.8. The molecular formula is C20H19NO4S. The fourth-order valence-electron chi connectivity index (χ4n) is 2.76. The largest absolute Gasteiger partial charge is 0.493 e. The number of methoxy groups -OCH3 is 2. The number of aryl methyl sites for hydroxylation is 1. The van der Waals surface area contributed by atoms with Gasteiger partial charge in [-0.1, -0.05) is 36.4 Å². The number of hydrogen-bond acceptors (Lipinski definition) is 5. The van der Waals surface area contributed by atoms with Gasteiger partial charge in [-0.25, -0.2) is 0 Å². The summed E-state index contributed by atoms with van der Waals surface area (Å²) in [5.74, 6) is 0.800. The van der Waals surface area contributed by atoms with Crippen LogP contribution in [0.1, 0.15) is 16.7 Å². The summed E-state index contributed by atoms with van der Waals surface area (Å²) in [6.45, 7) is 2.23. The van der Waals surface area contributed by atoms with E-state index in [9.17, 15) is 9.59 Å². The molecule has 2 aromatic rings. The highest BCUT2D eigenvalue weighted by molar-refractivity contribution is 8.18. The molecule has 134 valence electrons. The van der Waals surface area contributed by atoms with E-state index in [1.165, 1.54) is 4.90 Å². The Balaban J connectivity index is 1.90. The Labute approximate surface area is 156 Å². The lowest BCUT2D eigenvalue weighted by Crippen LogP contribution is -2.27. The minimum absolute atomic E-state index is 0.268. The third-order valence-electron chi connectivity index (χ3n) is 4.18. The SMILES string of the molecule is COc1cccc(/C=C2\SC(=O)N(Cc3ccccc3C)C2=O)c1OC. The van der Waals surface area contributed by atoms with E-state index >= 15 is 0 Å². The lowest BCUT2D eigenvalue weighted by Gasteiger charge is -2.14. The fourth-order valence-corrected chi connectivity index (χ4v) is 3.59. The van der Waals surface area contributed by atoms with E-state index in [4.69, 9.17) is 9.47 Å². The molecule has 3 rings (SSSR count). The molecule has 5 nitrogen and oxygen atoms in total. The summed E-state index contributed by atoms with van der Waals surface area (Å²) < 4.78 is 10.7. The number of rotatable bonds is 5. The first-order valence-corrected chi connectivity index (χ1v) is 8.87. The molecular weight excluding hydrogens is 350 g/mol. The monoisotopic (exact) mass is 369 g/mol. The highest BCUT2D eigenvalue weighted by atomic mass is 32.2. The zero-order chi connectivity index (χ0) is 18.7. The highest BCUT2D eigenvalue weighted by Gasteiger charge is 2.35. The van der Waals surface area contributed by atoms with Gasteiger partial charge in [-0.15, -0.1) is 0 Å². The molecule has 1 heterocycles. The maximum absolute atomic E-state index is 12.7. The van der Waals surface area contributed by atoms with Crippen LogP contribution in [0.3, 0.4) is 0 Å². The van der Waals surface area contributed by atoms with Gasteiger partial charge in [0.25, 0.3) is 11.1 Å². The highest BCUT2D eigenvalue weighted by Crippen LogP contribution is 2.37. The van der Waals surface area contributed by atoms with E-state index < -0.39 is 0 Å². The van der Waals surface area contributed by atoms with Crippen molar-refractivity contribution in [3.63, 3.8) is 0 Å². The molecule has 1 fully saturated rings. The lowest BCUT2D eigenvalue weighted by atomic mass is 10.1. The second-order valence-electron chi connectivity index (χ2n) is 5.78. The van der Waals surface area contributed by atoms with Gasteiger partial charge < -0.3 is 9.47 Å². The molecule has 0 aromatic heterocycles. The van der Waals surface area contributed by atoms with E-state index in [-0.39, 0.29) is 17.7 Å². The molecule has 26 heavy (non-hydrogen) atoms. The van der Waals surface area contributed by atoms with Crippen LogP contribution in [0.5, 0.6) is 11.5 Å². The van der Waals surface area contributed by atoms with Crippen molar-refractivity contribution in [2.24, 2.45) is 0 Å². The van der Waals surface area contributed by atoms with Gasteiger partial charge in [0.05, 0.1) is 25.7 Å². The molecule has 0 bridgehead atoms. The summed E-state index contributed by atoms with van der Waals surface area (Å²) in [5, 5.41) is -0.272. The van der Waals surface area contributed by atoms with Crippen LogP contribution in [-0.2, 0) is 11.3 Å². The molecule has 0 aliphatic carbocycles. The maximum Gasteiger partial charge on any atom is 0.293 e. The van der Waals surface area contributed by atoms with Crippen LogP contribution in [0.15, 0.2) is 47.4 Å². The predicted molar refractivity (Wildman–Crippen MR) is 102 cm³/mol. The van der Waals surface area contributed by atoms with E-state index in [0.717, 1.165) is 22.9 Å². The van der Waals surface area contributed by atoms with Gasteiger partial charge in [0.15, 0.2) is 11.5 Å². The molecule has 1 aliphatic heterocycles. The predicted octanol–water partition coefficient (Wildman–Crippen LogP) is 4.25. The van der Waals surface area contributed by atoms with Crippen LogP contribution in [0.25, 0.3) is 6.08 Å². The van der Waals surface area contributed by atoms with Gasteiger partial charge in [-0.05, 0) is 42.0 Å². The van der Waals surface area contributed by atoms with Gasteiger partial charge in [-0.2, -0.15) is 0 Å². The summed E-state index contributed by atoms with van der Waals surface area (Å²) >= 11 is 0.937. The van der Waals surface area contributed by atoms with Crippen LogP contribution < -0.4 is 9.47 Å². The second-order valence-corrected chi connectivity index (χ2v) is 6.77. The number of para-hydroxylation sites is 1. The Morgan fingerprint density at radius 2 is 1.81 bits per heavy atom. The van der Waals surface area contributed by atoms with Crippen LogP contribution in [0.4, 0.5) is 4.79 Å². The van der Waals surface area contributed by atoms with Crippen molar-refractivity contribution in [3.05, 3.63) is 64.1 Å². The number of amides is 2. The van der Waals surface area contributed by atoms with Crippen molar-refractivity contribution < 1.29 is 19.1 Å². The standard InChI is InChI=1S/C20H19NO4S/c1-13-7-4-5-8-15(13)12-21-19(22)17(26-20(21)23)11-14-9-6-10-16(24-2)18(14)25-3/h4-11H,12H2,1-3H3/b17-11-. The van der Waals surface area contributed by atoms with Crippen molar-refractivity contribution in [1.29, 1.82) is 0 Å². The van der Waals surface area contributed by atoms with Crippen molar-refractivity contribution in [3.8, 4) is 11.5 Å². The van der Waals surface area contributed by atoms with Crippen molar-refractivity contribution in [2.45, 2.75) is 13.5 Å². The summed E-state index contributed by atoms with van der Waals surface area (Å²) in [6, 6.07) is 13.1. The van der Waals surface area contributed by atoms with Crippen LogP contribution in [0.2, 0.25) is 0 Å². The molecule has 2 aromatic carbocycles. The third-order valence-corrected chi connectivity index (χ3v) is 5.09. The molecule has 0 radical (unpaired) electrons. The number of carbonyl (C=O) groups excluding carboxylic acids is 2. The summed E-state index contributed by atoms with van der Waals surface area (Å²) in [6.07, 6.45) is 1.67. The van der Waals surface area contributed by atoms with Gasteiger partial charge in [0.2, 0.25) is 0 Å². The van der Waals surface area contributed by atoms with Crippen LogP contribution in [-0.4, -0.2) is 30.3 Å². The average molecular weight is 369 g/mol. The summed E-state index contributed by atoms with van der Waals surface area (Å²) in [5.41, 5.74) is 2.69. The van der Waals surface area contributed by atoms with Crippen molar-refractivity contribution in [2.75, 3.05) is 14.2 Å². The second kappa shape index (κ2) is 7.66. The summed E-state index contributed by atoms with van der Waals surface area (Å²) in [4.78, 5) is 26.7. The Kier molecular flexibility index (Phi) is 5.32. The molecule has 1 saturated heterocycles. The average Bonchev–Trinajstić information content (AvgIpc) is 2.90. The molecule has 0 spiro atoms. The normalized spacial score (nSPS) is 15.7. The van der Waals surface area contributed by atoms with Gasteiger partial charge in [0.1, 0.15) is 0 Å². The Bertz CT molecular complexity index is 891. The molecule has 0 unspecified atom stereocenters. The zero-order valence-corrected chi connectivity index (χ0v) is 15.6. The quantitative estimate of drug-likeness (QED) is 0.738. The Morgan fingerprint density at radius 1 is 1.04 bits per heavy atom. The van der Waals surface area contributed by atoms with Crippen LogP contribution in [0, 0.1) is 6.92 Å². The number of ether oxygens (including phenoxy) is 2. The molecule has 6 heteroatoms. The smallest absolute Gasteiger partial charge is 0.293 e. The number of hydrogen-bond donors (Lipinski definition) is 0. The van der Waals surface area contributed by atoms with Gasteiger partial charge in [0, 0.05) is 5.56 Å². The van der Waals surface area contributed by atoms with Gasteiger partial charge in [-0.3, -0.25) is 14.5 Å². The van der Waals surface area contributed by atoms with E-state index in [0.29, 0.717) is 22.0 Å². The Hall–Kier alpha value is -2.73. The summed E-state index contributed by atoms with van der Waals surface area (Å²) in [7, 11) is 3.09. The van der Waals surface area contributed by atoms with E-state index in [2.05, 4.69) is 0 Å². The lowest BCUT2D eigenvalue weighted by molar-refractivity contribution is -0.123. The number of carbonyl (C=O) groups is 2. The fraction of sp³-hybridized carbons (Fsp3) is 0.200. The van der Waals surface area contributed by atoms with E-state index in [1.807, 2.05) is 43.3 Å². The first kappa shape index (κ1) is 18.1. The number of benzene rings is 2. The van der Waals surface area contributed by atoms with Crippen molar-refractivity contribution in [1.82, 2.24) is 4.90 Å². The number of thioether (sulfide) groups is 1. The molecule has 0 saturated carbocycles. The topological polar surface area (TPSA) is 55.8 Å². The minimum atomic E-state index is -0.298. The first-order valence-electron chi connectivity index (χ1n) is 8.06. The first-order chi connectivity index (χ1) is 12.5. The molecule has 0 N–H and O–H groups in total. The molecule has 0 atom stereocenters. The third kappa shape index (κ3) is 3.46. The van der Waals surface area contributed by atoms with Crippen molar-refractivity contribution >= 4 is 29.0 Å². The molecule has 2 amide bonds. The van der Waals surface area contributed by atoms with Gasteiger partial charge >= 0.3 is 0 Å². The number of nitrogens with zero attached hydrogens (tertiary/aromatic N) is 1. The van der Waals surface area contributed by atoms with E-state index in [1.54, 1.807) is 26.4 Å².